The summed E-state index contributed by atoms with van der Waals surface area (Å²) in [6.45, 7) is 0.564. The second-order valence-electron chi connectivity index (χ2n) is 4.27. The van der Waals surface area contributed by atoms with Crippen molar-refractivity contribution in [2.75, 3.05) is 6.54 Å². The second-order valence-corrected chi connectivity index (χ2v) is 5.12. The van der Waals surface area contributed by atoms with Gasteiger partial charge in [0, 0.05) is 12.1 Å². The van der Waals surface area contributed by atoms with Gasteiger partial charge < -0.3 is 4.90 Å². The fourth-order valence-electron chi connectivity index (χ4n) is 2.10. The molecule has 1 unspecified atom stereocenters. The molecular formula is C13H12BrFN2O. The van der Waals surface area contributed by atoms with Gasteiger partial charge in [-0.1, -0.05) is 0 Å². The van der Waals surface area contributed by atoms with E-state index in [1.165, 1.54) is 17.0 Å². The molecule has 0 saturated carbocycles. The van der Waals surface area contributed by atoms with Crippen LogP contribution in [0.5, 0.6) is 0 Å². The predicted molar refractivity (Wildman–Crippen MR) is 68.4 cm³/mol. The van der Waals surface area contributed by atoms with Crippen molar-refractivity contribution in [2.24, 2.45) is 0 Å². The number of hydrogen-bond acceptors (Lipinski definition) is 2. The molecule has 1 aliphatic heterocycles. The van der Waals surface area contributed by atoms with E-state index in [4.69, 9.17) is 5.26 Å². The summed E-state index contributed by atoms with van der Waals surface area (Å²) in [6, 6.07) is 6.02. The van der Waals surface area contributed by atoms with E-state index in [1.807, 2.05) is 0 Å². The monoisotopic (exact) mass is 310 g/mol. The summed E-state index contributed by atoms with van der Waals surface area (Å²) in [7, 11) is 0. The molecule has 2 rings (SSSR count). The van der Waals surface area contributed by atoms with E-state index in [0.29, 0.717) is 17.4 Å². The van der Waals surface area contributed by atoms with Crippen molar-refractivity contribution in [3.8, 4) is 6.07 Å². The Hall–Kier alpha value is -1.41. The van der Waals surface area contributed by atoms with Gasteiger partial charge in [-0.05, 0) is 53.4 Å². The normalized spacial score (nSPS) is 19.4. The summed E-state index contributed by atoms with van der Waals surface area (Å²) in [5, 5.41) is 9.03. The summed E-state index contributed by atoms with van der Waals surface area (Å²) in [6.07, 6.45) is 2.54. The number of likely N-dealkylation sites (tertiary alicyclic amines) is 1. The fraction of sp³-hybridized carbons (Fsp3) is 0.385. The minimum Gasteiger partial charge on any atom is -0.323 e. The van der Waals surface area contributed by atoms with Gasteiger partial charge in [0.15, 0.2) is 0 Å². The molecule has 1 aromatic rings. The Bertz CT molecular complexity index is 512. The number of carbonyl (C=O) groups excluding carboxylic acids is 1. The summed E-state index contributed by atoms with van der Waals surface area (Å²) in [4.78, 5) is 13.8. The fourth-order valence-corrected chi connectivity index (χ4v) is 2.35. The molecule has 94 valence electrons. The van der Waals surface area contributed by atoms with Gasteiger partial charge in [0.25, 0.3) is 5.91 Å². The third-order valence-electron chi connectivity index (χ3n) is 3.08. The van der Waals surface area contributed by atoms with Gasteiger partial charge >= 0.3 is 0 Å². The number of amides is 1. The first-order valence-corrected chi connectivity index (χ1v) is 6.58. The van der Waals surface area contributed by atoms with Crippen molar-refractivity contribution in [2.45, 2.75) is 25.3 Å². The largest absolute Gasteiger partial charge is 0.323 e. The Balaban J connectivity index is 2.24. The summed E-state index contributed by atoms with van der Waals surface area (Å²) >= 11 is 3.05. The van der Waals surface area contributed by atoms with E-state index in [1.54, 1.807) is 6.07 Å². The van der Waals surface area contributed by atoms with Crippen LogP contribution >= 0.6 is 15.9 Å². The maximum Gasteiger partial charge on any atom is 0.255 e. The van der Waals surface area contributed by atoms with Crippen LogP contribution < -0.4 is 0 Å². The zero-order valence-corrected chi connectivity index (χ0v) is 11.3. The molecule has 0 N–H and O–H groups in total. The average molecular weight is 311 g/mol. The third kappa shape index (κ3) is 2.54. The minimum absolute atomic E-state index is 0.271. The third-order valence-corrected chi connectivity index (χ3v) is 3.72. The number of benzene rings is 1. The second kappa shape index (κ2) is 5.49. The highest BCUT2D eigenvalue weighted by molar-refractivity contribution is 9.10. The number of halogens is 2. The first-order valence-electron chi connectivity index (χ1n) is 5.79. The van der Waals surface area contributed by atoms with E-state index in [0.717, 1.165) is 12.8 Å². The number of nitriles is 1. The molecule has 18 heavy (non-hydrogen) atoms. The van der Waals surface area contributed by atoms with Crippen LogP contribution in [0.25, 0.3) is 0 Å². The molecule has 0 aromatic heterocycles. The van der Waals surface area contributed by atoms with Crippen LogP contribution in [0.4, 0.5) is 4.39 Å². The van der Waals surface area contributed by atoms with Crippen LogP contribution in [0.3, 0.4) is 0 Å². The number of carbonyl (C=O) groups is 1. The predicted octanol–water partition coefficient (Wildman–Crippen LogP) is 3.11. The Morgan fingerprint density at radius 2 is 2.28 bits per heavy atom. The average Bonchev–Trinajstić information content (AvgIpc) is 2.41. The zero-order valence-electron chi connectivity index (χ0n) is 9.70. The molecule has 1 saturated heterocycles. The van der Waals surface area contributed by atoms with Gasteiger partial charge in [-0.15, -0.1) is 0 Å². The molecule has 0 aliphatic carbocycles. The standard InChI is InChI=1S/C13H12BrFN2O/c14-11-5-4-9(7-12(11)15)13(18)17-6-2-1-3-10(17)8-16/h4-5,7,10H,1-3,6H2. The maximum atomic E-state index is 13.4. The molecule has 0 bridgehead atoms. The van der Waals surface area contributed by atoms with Crippen molar-refractivity contribution < 1.29 is 9.18 Å². The van der Waals surface area contributed by atoms with Crippen LogP contribution in [-0.4, -0.2) is 23.4 Å². The Kier molecular flexibility index (Phi) is 3.97. The Morgan fingerprint density at radius 3 is 2.94 bits per heavy atom. The summed E-state index contributed by atoms with van der Waals surface area (Å²) in [5.41, 5.74) is 0.290. The van der Waals surface area contributed by atoms with Crippen molar-refractivity contribution >= 4 is 21.8 Å². The molecule has 0 radical (unpaired) electrons. The molecule has 3 nitrogen and oxygen atoms in total. The molecular weight excluding hydrogens is 299 g/mol. The lowest BCUT2D eigenvalue weighted by atomic mass is 10.0. The van der Waals surface area contributed by atoms with Crippen molar-refractivity contribution in [1.29, 1.82) is 5.26 Å². The van der Waals surface area contributed by atoms with E-state index < -0.39 is 11.9 Å². The number of nitrogens with zero attached hydrogens (tertiary/aromatic N) is 2. The quantitative estimate of drug-likeness (QED) is 0.800. The highest BCUT2D eigenvalue weighted by Gasteiger charge is 2.27. The highest BCUT2D eigenvalue weighted by Crippen LogP contribution is 2.21. The van der Waals surface area contributed by atoms with E-state index in [2.05, 4.69) is 22.0 Å². The topological polar surface area (TPSA) is 44.1 Å². The first kappa shape index (κ1) is 13.0. The maximum absolute atomic E-state index is 13.4. The molecule has 1 aliphatic rings. The number of rotatable bonds is 1. The van der Waals surface area contributed by atoms with Crippen LogP contribution in [0.15, 0.2) is 22.7 Å². The van der Waals surface area contributed by atoms with Gasteiger partial charge in [-0.3, -0.25) is 4.79 Å². The highest BCUT2D eigenvalue weighted by atomic mass is 79.9. The molecule has 5 heteroatoms. The summed E-state index contributed by atoms with van der Waals surface area (Å²) < 4.78 is 13.7. The van der Waals surface area contributed by atoms with E-state index >= 15 is 0 Å². The van der Waals surface area contributed by atoms with Gasteiger partial charge in [-0.25, -0.2) is 4.39 Å². The molecule has 0 spiro atoms. The number of hydrogen-bond donors (Lipinski definition) is 0. The van der Waals surface area contributed by atoms with E-state index in [-0.39, 0.29) is 11.5 Å². The first-order chi connectivity index (χ1) is 8.63. The Morgan fingerprint density at radius 1 is 1.50 bits per heavy atom. The van der Waals surface area contributed by atoms with E-state index in [9.17, 15) is 9.18 Å². The molecule has 1 amide bonds. The van der Waals surface area contributed by atoms with Crippen LogP contribution in [0, 0.1) is 17.1 Å². The van der Waals surface area contributed by atoms with Gasteiger partial charge in [0.1, 0.15) is 11.9 Å². The van der Waals surface area contributed by atoms with Crippen LogP contribution in [0.2, 0.25) is 0 Å². The van der Waals surface area contributed by atoms with Crippen LogP contribution in [0.1, 0.15) is 29.6 Å². The lowest BCUT2D eigenvalue weighted by molar-refractivity contribution is 0.0670. The molecule has 1 aromatic carbocycles. The molecule has 1 fully saturated rings. The molecule has 1 atom stereocenters. The van der Waals surface area contributed by atoms with Gasteiger partial charge in [0.2, 0.25) is 0 Å². The van der Waals surface area contributed by atoms with Crippen molar-refractivity contribution in [1.82, 2.24) is 4.90 Å². The van der Waals surface area contributed by atoms with Crippen molar-refractivity contribution in [3.05, 3.63) is 34.1 Å². The SMILES string of the molecule is N#CC1CCCCN1C(=O)c1ccc(Br)c(F)c1. The minimum atomic E-state index is -0.466. The number of piperidine rings is 1. The lowest BCUT2D eigenvalue weighted by Crippen LogP contribution is -2.42. The van der Waals surface area contributed by atoms with Crippen LogP contribution in [-0.2, 0) is 0 Å². The van der Waals surface area contributed by atoms with Crippen molar-refractivity contribution in [3.63, 3.8) is 0 Å². The molecule has 1 heterocycles. The van der Waals surface area contributed by atoms with Gasteiger partial charge in [-0.2, -0.15) is 5.26 Å². The lowest BCUT2D eigenvalue weighted by Gasteiger charge is -2.31. The Labute approximate surface area is 113 Å². The summed E-state index contributed by atoms with van der Waals surface area (Å²) in [5.74, 6) is -0.737. The smallest absolute Gasteiger partial charge is 0.255 e. The zero-order chi connectivity index (χ0) is 13.1. The van der Waals surface area contributed by atoms with Gasteiger partial charge in [0.05, 0.1) is 10.5 Å².